The van der Waals surface area contributed by atoms with E-state index in [9.17, 15) is 25.2 Å². The van der Waals surface area contributed by atoms with E-state index in [2.05, 4.69) is 5.32 Å². The van der Waals surface area contributed by atoms with Crippen molar-refractivity contribution in [3.8, 4) is 11.1 Å². The SMILES string of the molecule is CNC(=O)c1cccc(-c2ccc(C[C@H]3O[C@H](CO)[C@@H](O)[C@H](O)[C@@H]3O)c(Cl)c2)c1. The molecule has 0 aliphatic carbocycles. The second kappa shape index (κ2) is 9.21. The molecule has 3 rings (SSSR count). The highest BCUT2D eigenvalue weighted by Crippen LogP contribution is 2.30. The molecule has 0 aromatic heterocycles. The third-order valence-corrected chi connectivity index (χ3v) is 5.50. The fourth-order valence-electron chi connectivity index (χ4n) is 3.44. The van der Waals surface area contributed by atoms with Crippen LogP contribution in [0, 0.1) is 0 Å². The van der Waals surface area contributed by atoms with Crippen molar-refractivity contribution < 1.29 is 30.0 Å². The standard InChI is InChI=1S/C21H24ClNO6/c1-23-21(28)14-4-2-3-11(7-14)12-5-6-13(15(22)8-12)9-16-18(25)20(27)19(26)17(10-24)29-16/h2-8,16-20,24-27H,9-10H2,1H3,(H,23,28)/t16-,17-,18-,19-,20-/m1/s1. The second-order valence-electron chi connectivity index (χ2n) is 7.04. The smallest absolute Gasteiger partial charge is 0.251 e. The van der Waals surface area contributed by atoms with Crippen LogP contribution in [0.3, 0.4) is 0 Å². The van der Waals surface area contributed by atoms with E-state index in [0.29, 0.717) is 16.1 Å². The minimum absolute atomic E-state index is 0.183. The largest absolute Gasteiger partial charge is 0.394 e. The van der Waals surface area contributed by atoms with Gasteiger partial charge in [0, 0.05) is 24.1 Å². The summed E-state index contributed by atoms with van der Waals surface area (Å²) in [6.07, 6.45) is -5.71. The molecular formula is C21H24ClNO6. The van der Waals surface area contributed by atoms with E-state index >= 15 is 0 Å². The molecule has 0 unspecified atom stereocenters. The van der Waals surface area contributed by atoms with Crippen LogP contribution < -0.4 is 5.32 Å². The molecule has 1 aliphatic rings. The number of carbonyl (C=O) groups excluding carboxylic acids is 1. The molecule has 2 aromatic carbocycles. The highest BCUT2D eigenvalue weighted by atomic mass is 35.5. The summed E-state index contributed by atoms with van der Waals surface area (Å²) in [5, 5.41) is 42.4. The van der Waals surface area contributed by atoms with E-state index in [1.54, 1.807) is 37.4 Å². The lowest BCUT2D eigenvalue weighted by atomic mass is 9.91. The summed E-state index contributed by atoms with van der Waals surface area (Å²) in [5.74, 6) is -0.183. The number of ether oxygens (including phenoxy) is 1. The quantitative estimate of drug-likeness (QED) is 0.486. The number of hydrogen-bond donors (Lipinski definition) is 5. The van der Waals surface area contributed by atoms with Crippen molar-refractivity contribution in [1.82, 2.24) is 5.32 Å². The van der Waals surface area contributed by atoms with Crippen molar-refractivity contribution in [1.29, 1.82) is 0 Å². The third kappa shape index (κ3) is 4.61. The van der Waals surface area contributed by atoms with Crippen molar-refractivity contribution in [2.24, 2.45) is 0 Å². The van der Waals surface area contributed by atoms with Gasteiger partial charge in [-0.3, -0.25) is 4.79 Å². The minimum Gasteiger partial charge on any atom is -0.394 e. The summed E-state index contributed by atoms with van der Waals surface area (Å²) in [4.78, 5) is 11.8. The van der Waals surface area contributed by atoms with E-state index in [-0.39, 0.29) is 12.3 Å². The van der Waals surface area contributed by atoms with Gasteiger partial charge in [0.25, 0.3) is 5.91 Å². The van der Waals surface area contributed by atoms with Gasteiger partial charge in [-0.25, -0.2) is 0 Å². The lowest BCUT2D eigenvalue weighted by molar-refractivity contribution is -0.228. The first-order chi connectivity index (χ1) is 13.8. The summed E-state index contributed by atoms with van der Waals surface area (Å²) in [5.41, 5.74) is 2.86. The first-order valence-corrected chi connectivity index (χ1v) is 9.65. The Morgan fingerprint density at radius 1 is 1.03 bits per heavy atom. The highest BCUT2D eigenvalue weighted by molar-refractivity contribution is 6.31. The Hall–Kier alpha value is -2.00. The normalized spacial score (nSPS) is 26.9. The molecule has 29 heavy (non-hydrogen) atoms. The average Bonchev–Trinajstić information content (AvgIpc) is 2.74. The number of amides is 1. The van der Waals surface area contributed by atoms with Crippen LogP contribution in [0.25, 0.3) is 11.1 Å². The first-order valence-electron chi connectivity index (χ1n) is 9.27. The molecule has 2 aromatic rings. The molecule has 1 aliphatic heterocycles. The van der Waals surface area contributed by atoms with Crippen molar-refractivity contribution >= 4 is 17.5 Å². The van der Waals surface area contributed by atoms with E-state index in [4.69, 9.17) is 16.3 Å². The third-order valence-electron chi connectivity index (χ3n) is 5.15. The molecule has 7 nitrogen and oxygen atoms in total. The first kappa shape index (κ1) is 21.7. The van der Waals surface area contributed by atoms with Crippen LogP contribution in [0.4, 0.5) is 0 Å². The van der Waals surface area contributed by atoms with E-state index in [0.717, 1.165) is 11.1 Å². The summed E-state index contributed by atoms with van der Waals surface area (Å²) < 4.78 is 5.55. The van der Waals surface area contributed by atoms with Crippen LogP contribution >= 0.6 is 11.6 Å². The number of hydrogen-bond acceptors (Lipinski definition) is 6. The summed E-state index contributed by atoms with van der Waals surface area (Å²) in [6, 6.07) is 12.5. The van der Waals surface area contributed by atoms with Gasteiger partial charge in [-0.05, 0) is 34.9 Å². The monoisotopic (exact) mass is 421 g/mol. The Bertz CT molecular complexity index is 874. The molecule has 5 atom stereocenters. The zero-order chi connectivity index (χ0) is 21.1. The van der Waals surface area contributed by atoms with Crippen LogP contribution in [0.15, 0.2) is 42.5 Å². The molecule has 5 N–H and O–H groups in total. The van der Waals surface area contributed by atoms with Gasteiger partial charge in [-0.15, -0.1) is 0 Å². The zero-order valence-electron chi connectivity index (χ0n) is 15.8. The minimum atomic E-state index is -1.42. The lowest BCUT2D eigenvalue weighted by Gasteiger charge is -2.40. The maximum absolute atomic E-state index is 11.8. The van der Waals surface area contributed by atoms with Gasteiger partial charge in [-0.2, -0.15) is 0 Å². The molecule has 8 heteroatoms. The Kier molecular flexibility index (Phi) is 6.89. The number of rotatable bonds is 5. The van der Waals surface area contributed by atoms with Gasteiger partial charge in [0.15, 0.2) is 0 Å². The molecule has 1 saturated heterocycles. The van der Waals surface area contributed by atoms with Gasteiger partial charge >= 0.3 is 0 Å². The zero-order valence-corrected chi connectivity index (χ0v) is 16.6. The molecule has 0 spiro atoms. The maximum atomic E-state index is 11.8. The maximum Gasteiger partial charge on any atom is 0.251 e. The van der Waals surface area contributed by atoms with Crippen molar-refractivity contribution in [2.45, 2.75) is 36.9 Å². The number of benzene rings is 2. The number of halogens is 1. The molecule has 1 fully saturated rings. The Morgan fingerprint density at radius 2 is 1.72 bits per heavy atom. The second-order valence-corrected chi connectivity index (χ2v) is 7.44. The number of aliphatic hydroxyl groups is 4. The summed E-state index contributed by atoms with van der Waals surface area (Å²) in [6.45, 7) is -0.476. The fraction of sp³-hybridized carbons (Fsp3) is 0.381. The molecule has 156 valence electrons. The van der Waals surface area contributed by atoms with E-state index in [1.807, 2.05) is 12.1 Å². The van der Waals surface area contributed by atoms with Crippen molar-refractivity contribution in [2.75, 3.05) is 13.7 Å². The average molecular weight is 422 g/mol. The van der Waals surface area contributed by atoms with Gasteiger partial charge < -0.3 is 30.5 Å². The highest BCUT2D eigenvalue weighted by Gasteiger charge is 2.43. The molecule has 1 heterocycles. The predicted molar refractivity (Wildman–Crippen MR) is 108 cm³/mol. The van der Waals surface area contributed by atoms with Gasteiger partial charge in [-0.1, -0.05) is 35.9 Å². The fourth-order valence-corrected chi connectivity index (χ4v) is 3.70. The predicted octanol–water partition coefficient (Wildman–Crippen LogP) is 0.751. The van der Waals surface area contributed by atoms with Gasteiger partial charge in [0.1, 0.15) is 24.4 Å². The van der Waals surface area contributed by atoms with Gasteiger partial charge in [0.2, 0.25) is 0 Å². The van der Waals surface area contributed by atoms with Crippen LogP contribution in [0.1, 0.15) is 15.9 Å². The molecule has 0 radical (unpaired) electrons. The molecule has 0 bridgehead atoms. The van der Waals surface area contributed by atoms with Crippen LogP contribution in [0.5, 0.6) is 0 Å². The summed E-state index contributed by atoms with van der Waals surface area (Å²) >= 11 is 6.43. The van der Waals surface area contributed by atoms with Gasteiger partial charge in [0.05, 0.1) is 12.7 Å². The van der Waals surface area contributed by atoms with Crippen LogP contribution in [-0.2, 0) is 11.2 Å². The van der Waals surface area contributed by atoms with Crippen LogP contribution in [0.2, 0.25) is 5.02 Å². The Labute approximate surface area is 173 Å². The Morgan fingerprint density at radius 3 is 2.38 bits per heavy atom. The summed E-state index contributed by atoms with van der Waals surface area (Å²) in [7, 11) is 1.57. The topological polar surface area (TPSA) is 119 Å². The number of carbonyl (C=O) groups is 1. The van der Waals surface area contributed by atoms with Crippen molar-refractivity contribution in [3.05, 3.63) is 58.6 Å². The lowest BCUT2D eigenvalue weighted by Crippen LogP contribution is -2.59. The van der Waals surface area contributed by atoms with E-state index in [1.165, 1.54) is 0 Å². The van der Waals surface area contributed by atoms with E-state index < -0.39 is 37.1 Å². The van der Waals surface area contributed by atoms with Crippen molar-refractivity contribution in [3.63, 3.8) is 0 Å². The molecule has 1 amide bonds. The molecule has 0 saturated carbocycles. The Balaban J connectivity index is 1.81. The molecular weight excluding hydrogens is 398 g/mol. The van der Waals surface area contributed by atoms with Crippen LogP contribution in [-0.4, -0.2) is 70.5 Å². The number of aliphatic hydroxyl groups excluding tert-OH is 4. The number of nitrogens with one attached hydrogen (secondary N) is 1.